The molecule has 282 valence electrons. The summed E-state index contributed by atoms with van der Waals surface area (Å²) in [6, 6.07) is 0. The maximum absolute atomic E-state index is 8.00. The van der Waals surface area contributed by atoms with E-state index in [2.05, 4.69) is 91.2 Å². The second kappa shape index (κ2) is 30.1. The highest BCUT2D eigenvalue weighted by molar-refractivity contribution is 6.03. The minimum atomic E-state index is 0.846. The average Bonchev–Trinajstić information content (AvgIpc) is 3.69. The van der Waals surface area contributed by atoms with Crippen molar-refractivity contribution in [2.24, 2.45) is 33.6 Å². The lowest BCUT2D eigenvalue weighted by molar-refractivity contribution is -0.140. The predicted octanol–water partition coefficient (Wildman–Crippen LogP) is 14.3. The van der Waals surface area contributed by atoms with Gasteiger partial charge in [0.1, 0.15) is 6.79 Å². The molecule has 2 heterocycles. The number of unbranched alkanes of at least 4 members (excludes halogenated alkanes) is 3. The van der Waals surface area contributed by atoms with Crippen LogP contribution < -0.4 is 0 Å². The molecule has 0 aromatic heterocycles. The Hall–Kier alpha value is -1.74. The van der Waals surface area contributed by atoms with Gasteiger partial charge in [0.2, 0.25) is 0 Å². The highest BCUT2D eigenvalue weighted by Crippen LogP contribution is 2.89. The number of likely N-dealkylation sites (tertiary alicyclic amines) is 1. The molecule has 3 saturated carbocycles. The van der Waals surface area contributed by atoms with Crippen molar-refractivity contribution in [3.8, 4) is 0 Å². The largest absolute Gasteiger partial charge is 0.307 e. The van der Waals surface area contributed by atoms with Crippen LogP contribution in [0.1, 0.15) is 181 Å². The number of aliphatic imine (C=N–C) groups is 1. The number of nitrogens with zero attached hydrogens (tertiary/aromatic N) is 2. The summed E-state index contributed by atoms with van der Waals surface area (Å²) < 4.78 is 0. The number of hydrogen-bond acceptors (Lipinski definition) is 3. The second-order valence-corrected chi connectivity index (χ2v) is 13.8. The number of carbonyl (C=O) groups excluding carboxylic acids is 1. The summed E-state index contributed by atoms with van der Waals surface area (Å²) >= 11 is 0. The van der Waals surface area contributed by atoms with E-state index in [9.17, 15) is 0 Å². The summed E-state index contributed by atoms with van der Waals surface area (Å²) in [6.45, 7) is 41.5. The van der Waals surface area contributed by atoms with E-state index in [4.69, 9.17) is 9.79 Å². The Morgan fingerprint density at radius 3 is 1.77 bits per heavy atom. The molecule has 3 heteroatoms. The molecule has 3 aliphatic carbocycles. The summed E-state index contributed by atoms with van der Waals surface area (Å²) in [5, 5.41) is 0. The van der Waals surface area contributed by atoms with Crippen molar-refractivity contribution in [1.29, 1.82) is 0 Å². The molecule has 2 aliphatic heterocycles. The fraction of sp³-hybridized carbons (Fsp3) is 0.778. The fourth-order valence-corrected chi connectivity index (χ4v) is 7.62. The molecule has 0 bridgehead atoms. The van der Waals surface area contributed by atoms with Gasteiger partial charge in [-0.2, -0.15) is 0 Å². The van der Waals surface area contributed by atoms with Crippen LogP contribution in [0.4, 0.5) is 0 Å². The van der Waals surface area contributed by atoms with Crippen molar-refractivity contribution in [2.75, 3.05) is 19.6 Å². The zero-order valence-corrected chi connectivity index (χ0v) is 35.4. The van der Waals surface area contributed by atoms with Gasteiger partial charge < -0.3 is 4.79 Å². The quantitative estimate of drug-likeness (QED) is 0.181. The number of carbonyl (C=O) groups is 1. The lowest BCUT2D eigenvalue weighted by Crippen LogP contribution is -2.55. The van der Waals surface area contributed by atoms with Gasteiger partial charge in [-0.15, -0.1) is 0 Å². The molecule has 1 saturated heterocycles. The van der Waals surface area contributed by atoms with E-state index < -0.39 is 0 Å². The third kappa shape index (κ3) is 15.9. The van der Waals surface area contributed by atoms with Crippen LogP contribution in [0.5, 0.6) is 0 Å². The van der Waals surface area contributed by atoms with Crippen molar-refractivity contribution < 1.29 is 4.79 Å². The van der Waals surface area contributed by atoms with E-state index in [1.807, 2.05) is 55.3 Å². The molecule has 5 aliphatic rings. The van der Waals surface area contributed by atoms with Crippen LogP contribution in [-0.4, -0.2) is 37.0 Å². The van der Waals surface area contributed by atoms with Crippen molar-refractivity contribution >= 4 is 12.5 Å². The number of hydrogen-bond donors (Lipinski definition) is 0. The topological polar surface area (TPSA) is 32.7 Å². The van der Waals surface area contributed by atoms with Crippen LogP contribution in [0.2, 0.25) is 0 Å². The maximum atomic E-state index is 8.00. The first-order valence-electron chi connectivity index (χ1n) is 20.4. The molecule has 0 aromatic rings. The van der Waals surface area contributed by atoms with E-state index >= 15 is 0 Å². The Balaban J connectivity index is -0.000000621. The molecule has 0 N–H and O–H groups in total. The molecule has 0 amide bonds. The van der Waals surface area contributed by atoms with Gasteiger partial charge in [-0.05, 0) is 98.8 Å². The van der Waals surface area contributed by atoms with Gasteiger partial charge in [0.15, 0.2) is 0 Å². The predicted molar refractivity (Wildman–Crippen MR) is 221 cm³/mol. The summed E-state index contributed by atoms with van der Waals surface area (Å²) in [5.41, 5.74) is 6.61. The van der Waals surface area contributed by atoms with Crippen LogP contribution in [-0.2, 0) is 4.79 Å². The molecule has 48 heavy (non-hydrogen) atoms. The van der Waals surface area contributed by atoms with E-state index in [-0.39, 0.29) is 0 Å². The third-order valence-corrected chi connectivity index (χ3v) is 10.2. The standard InChI is InChI=1S/C19H28N2.C10H16.C6H14.C3H8.3C2H6.CH2O/c1-5-6-7-8-17-13-18(15(2)3)20-19(17)14-21-11-9-16(4)10-12-21;1-3-7-4-9(2)5-8-6-10(7,8)9;1-3-5-6-4-2;1-3-2;4*1-2/h5-8,16H,2,9-14H2,1,3-4H3;7-8H,3-6H2,1-2H3;3-6H2,1-2H3;3H2,1-2H3;3*1-2H3;1H2/b6-5-,8-7-;;;;;;;. The Labute approximate surface area is 303 Å². The third-order valence-electron chi connectivity index (χ3n) is 10.2. The molecule has 1 spiro atoms. The zero-order chi connectivity index (χ0) is 37.8. The van der Waals surface area contributed by atoms with Crippen LogP contribution >= 0.6 is 0 Å². The Morgan fingerprint density at radius 1 is 0.896 bits per heavy atom. The summed E-state index contributed by atoms with van der Waals surface area (Å²) in [4.78, 5) is 15.4. The Morgan fingerprint density at radius 2 is 1.42 bits per heavy atom. The Kier molecular flexibility index (Phi) is 31.8. The van der Waals surface area contributed by atoms with Crippen molar-refractivity contribution in [3.63, 3.8) is 0 Å². The van der Waals surface area contributed by atoms with Crippen molar-refractivity contribution in [2.45, 2.75) is 181 Å². The number of rotatable bonds is 9. The maximum Gasteiger partial charge on any atom is 0.106 e. The molecule has 3 nitrogen and oxygen atoms in total. The first-order valence-corrected chi connectivity index (χ1v) is 20.4. The first-order chi connectivity index (χ1) is 23.2. The van der Waals surface area contributed by atoms with Crippen LogP contribution in [0.25, 0.3) is 0 Å². The number of piperidine rings is 1. The molecule has 4 atom stereocenters. The molecule has 0 aromatic carbocycles. The van der Waals surface area contributed by atoms with Crippen molar-refractivity contribution in [3.05, 3.63) is 47.7 Å². The van der Waals surface area contributed by atoms with E-state index in [1.165, 1.54) is 81.6 Å². The summed E-state index contributed by atoms with van der Waals surface area (Å²) in [6.07, 6.45) is 25.0. The minimum absolute atomic E-state index is 0.846. The van der Waals surface area contributed by atoms with Crippen LogP contribution in [0.15, 0.2) is 52.7 Å². The molecule has 4 unspecified atom stereocenters. The number of allylic oxidation sites excluding steroid dienone is 6. The van der Waals surface area contributed by atoms with Gasteiger partial charge in [-0.25, -0.2) is 0 Å². The minimum Gasteiger partial charge on any atom is -0.307 e. The molecular formula is C45H86N2O. The lowest BCUT2D eigenvalue weighted by atomic mass is 9.42. The smallest absolute Gasteiger partial charge is 0.106 e. The highest BCUT2D eigenvalue weighted by Gasteiger charge is 2.82. The molecule has 0 radical (unpaired) electrons. The van der Waals surface area contributed by atoms with Gasteiger partial charge in [-0.3, -0.25) is 9.89 Å². The highest BCUT2D eigenvalue weighted by atomic mass is 16.1. The lowest BCUT2D eigenvalue weighted by Gasteiger charge is -2.62. The molecule has 5 rings (SSSR count). The van der Waals surface area contributed by atoms with E-state index in [0.29, 0.717) is 0 Å². The fourth-order valence-electron chi connectivity index (χ4n) is 7.62. The average molecular weight is 671 g/mol. The monoisotopic (exact) mass is 671 g/mol. The van der Waals surface area contributed by atoms with Gasteiger partial charge in [0.25, 0.3) is 0 Å². The zero-order valence-electron chi connectivity index (χ0n) is 35.4. The second-order valence-electron chi connectivity index (χ2n) is 13.8. The van der Waals surface area contributed by atoms with Gasteiger partial charge in [0.05, 0.1) is 5.70 Å². The van der Waals surface area contributed by atoms with Crippen LogP contribution in [0, 0.1) is 28.6 Å². The summed E-state index contributed by atoms with van der Waals surface area (Å²) in [5.74, 6) is 3.20. The van der Waals surface area contributed by atoms with Crippen molar-refractivity contribution in [1.82, 2.24) is 4.90 Å². The summed E-state index contributed by atoms with van der Waals surface area (Å²) in [7, 11) is 0. The Bertz CT molecular complexity index is 915. The normalized spacial score (nSPS) is 25.9. The molecular weight excluding hydrogens is 585 g/mol. The van der Waals surface area contributed by atoms with Gasteiger partial charge >= 0.3 is 0 Å². The van der Waals surface area contributed by atoms with Gasteiger partial charge in [-0.1, -0.05) is 159 Å². The van der Waals surface area contributed by atoms with Crippen LogP contribution in [0.3, 0.4) is 0 Å². The van der Waals surface area contributed by atoms with Gasteiger partial charge in [0, 0.05) is 18.7 Å². The van der Waals surface area contributed by atoms with E-state index in [0.717, 1.165) is 46.9 Å². The molecule has 4 fully saturated rings. The van der Waals surface area contributed by atoms with E-state index in [1.54, 1.807) is 19.3 Å². The first kappa shape index (κ1) is 50.6. The SMILES string of the molecule is C=C(C)C1=NC(CN2CCC(C)CC2)=C(/C=C\C=C/C)C1.C=O.CC.CC.CC.CCC.CCC1CC2(C)CC3CC132.CCCCCC.